The lowest BCUT2D eigenvalue weighted by Gasteiger charge is -2.04. The van der Waals surface area contributed by atoms with Crippen molar-refractivity contribution in [3.63, 3.8) is 0 Å². The van der Waals surface area contributed by atoms with Crippen LogP contribution in [0, 0.1) is 11.8 Å². The number of carbonyl (C=O) groups is 2. The van der Waals surface area contributed by atoms with Crippen molar-refractivity contribution in [3.8, 4) is 0 Å². The molecular formula is C12H20N2O2. The monoisotopic (exact) mass is 224 g/mol. The molecule has 16 heavy (non-hydrogen) atoms. The van der Waals surface area contributed by atoms with E-state index in [4.69, 9.17) is 0 Å². The fraction of sp³-hybridized carbons (Fsp3) is 0.833. The maximum Gasteiger partial charge on any atom is 0.224 e. The first-order chi connectivity index (χ1) is 7.72. The highest BCUT2D eigenvalue weighted by Crippen LogP contribution is 2.39. The van der Waals surface area contributed by atoms with Crippen LogP contribution in [0.3, 0.4) is 0 Å². The third-order valence-corrected chi connectivity index (χ3v) is 3.22. The molecule has 2 aliphatic carbocycles. The molecule has 4 nitrogen and oxygen atoms in total. The Morgan fingerprint density at radius 3 is 2.50 bits per heavy atom. The second-order valence-electron chi connectivity index (χ2n) is 4.88. The molecule has 0 saturated heterocycles. The lowest BCUT2D eigenvalue weighted by molar-refractivity contribution is -0.127. The Balaban J connectivity index is 1.64. The molecule has 2 saturated carbocycles. The lowest BCUT2D eigenvalue weighted by atomic mass is 10.2. The molecule has 2 amide bonds. The molecule has 0 radical (unpaired) electrons. The third kappa shape index (κ3) is 2.97. The average Bonchev–Trinajstić information content (AvgIpc) is 3.11. The van der Waals surface area contributed by atoms with Gasteiger partial charge in [0.05, 0.1) is 11.8 Å². The van der Waals surface area contributed by atoms with Crippen molar-refractivity contribution in [2.24, 2.45) is 11.8 Å². The van der Waals surface area contributed by atoms with Crippen molar-refractivity contribution in [1.82, 2.24) is 10.6 Å². The molecule has 2 rings (SSSR count). The quantitative estimate of drug-likeness (QED) is 0.656. The fourth-order valence-corrected chi connectivity index (χ4v) is 1.83. The van der Waals surface area contributed by atoms with Gasteiger partial charge in [0.25, 0.3) is 0 Å². The summed E-state index contributed by atoms with van der Waals surface area (Å²) in [6.45, 7) is 2.83. The number of nitrogens with one attached hydrogen (secondary N) is 2. The van der Waals surface area contributed by atoms with Crippen LogP contribution in [0.4, 0.5) is 0 Å². The summed E-state index contributed by atoms with van der Waals surface area (Å²) in [5, 5.41) is 5.83. The molecule has 2 N–H and O–H groups in total. The van der Waals surface area contributed by atoms with E-state index >= 15 is 0 Å². The van der Waals surface area contributed by atoms with E-state index in [1.807, 2.05) is 0 Å². The van der Waals surface area contributed by atoms with Crippen LogP contribution in [0.15, 0.2) is 0 Å². The predicted octanol–water partition coefficient (Wildman–Crippen LogP) is 0.817. The molecule has 0 aromatic carbocycles. The number of unbranched alkanes of at least 4 members (excludes halogenated alkanes) is 1. The molecule has 0 heterocycles. The van der Waals surface area contributed by atoms with E-state index in [1.54, 1.807) is 0 Å². The van der Waals surface area contributed by atoms with Gasteiger partial charge in [-0.25, -0.2) is 0 Å². The van der Waals surface area contributed by atoms with Gasteiger partial charge in [0.15, 0.2) is 0 Å². The van der Waals surface area contributed by atoms with Crippen molar-refractivity contribution < 1.29 is 9.59 Å². The Morgan fingerprint density at radius 1 is 1.19 bits per heavy atom. The van der Waals surface area contributed by atoms with Crippen molar-refractivity contribution >= 4 is 11.8 Å². The summed E-state index contributed by atoms with van der Waals surface area (Å²) < 4.78 is 0. The summed E-state index contributed by atoms with van der Waals surface area (Å²) in [5.74, 6) is 0.0281. The standard InChI is InChI=1S/C12H20N2O2/c1-2-3-6-13-11(15)9-7-10(9)12(16)14-8-4-5-8/h8-10H,2-7H2,1H3,(H,13,15)(H,14,16). The van der Waals surface area contributed by atoms with Crippen LogP contribution in [0.5, 0.6) is 0 Å². The van der Waals surface area contributed by atoms with Crippen molar-refractivity contribution in [1.29, 1.82) is 0 Å². The maximum absolute atomic E-state index is 11.6. The topological polar surface area (TPSA) is 58.2 Å². The van der Waals surface area contributed by atoms with Gasteiger partial charge in [0.2, 0.25) is 11.8 Å². The Morgan fingerprint density at radius 2 is 1.88 bits per heavy atom. The van der Waals surface area contributed by atoms with E-state index in [2.05, 4.69) is 17.6 Å². The highest BCUT2D eigenvalue weighted by atomic mass is 16.2. The average molecular weight is 224 g/mol. The van der Waals surface area contributed by atoms with Gasteiger partial charge in [-0.15, -0.1) is 0 Å². The second-order valence-corrected chi connectivity index (χ2v) is 4.88. The zero-order chi connectivity index (χ0) is 11.5. The van der Waals surface area contributed by atoms with Crippen LogP contribution in [-0.4, -0.2) is 24.4 Å². The molecule has 4 heteroatoms. The maximum atomic E-state index is 11.6. The van der Waals surface area contributed by atoms with Gasteiger partial charge in [-0.05, 0) is 25.7 Å². The van der Waals surface area contributed by atoms with Crippen LogP contribution < -0.4 is 10.6 Å². The van der Waals surface area contributed by atoms with Crippen molar-refractivity contribution in [2.75, 3.05) is 6.54 Å². The first-order valence-electron chi connectivity index (χ1n) is 6.30. The number of amides is 2. The van der Waals surface area contributed by atoms with E-state index < -0.39 is 0 Å². The zero-order valence-electron chi connectivity index (χ0n) is 9.79. The number of rotatable bonds is 6. The lowest BCUT2D eigenvalue weighted by Crippen LogP contribution is -2.31. The van der Waals surface area contributed by atoms with Crippen molar-refractivity contribution in [2.45, 2.75) is 45.1 Å². The molecule has 2 atom stereocenters. The zero-order valence-corrected chi connectivity index (χ0v) is 9.79. The largest absolute Gasteiger partial charge is 0.356 e. The molecule has 90 valence electrons. The Labute approximate surface area is 96.2 Å². The van der Waals surface area contributed by atoms with Gasteiger partial charge in [0.1, 0.15) is 0 Å². The number of hydrogen-bond acceptors (Lipinski definition) is 2. The minimum absolute atomic E-state index is 0.0535. The van der Waals surface area contributed by atoms with Crippen LogP contribution in [0.1, 0.15) is 39.0 Å². The summed E-state index contributed by atoms with van der Waals surface area (Å²) in [6.07, 6.45) is 5.03. The van der Waals surface area contributed by atoms with Crippen LogP contribution in [0.25, 0.3) is 0 Å². The molecule has 0 aromatic heterocycles. The van der Waals surface area contributed by atoms with Crippen LogP contribution >= 0.6 is 0 Å². The first kappa shape index (κ1) is 11.4. The molecule has 0 aliphatic heterocycles. The van der Waals surface area contributed by atoms with Crippen LogP contribution in [0.2, 0.25) is 0 Å². The smallest absolute Gasteiger partial charge is 0.224 e. The molecule has 2 fully saturated rings. The summed E-state index contributed by atoms with van der Waals surface area (Å²) in [5.41, 5.74) is 0. The second kappa shape index (κ2) is 4.85. The van der Waals surface area contributed by atoms with E-state index in [0.717, 1.165) is 38.6 Å². The van der Waals surface area contributed by atoms with E-state index in [1.165, 1.54) is 0 Å². The van der Waals surface area contributed by atoms with Gasteiger partial charge >= 0.3 is 0 Å². The minimum Gasteiger partial charge on any atom is -0.356 e. The molecule has 0 bridgehead atoms. The van der Waals surface area contributed by atoms with Gasteiger partial charge in [-0.2, -0.15) is 0 Å². The molecule has 2 aliphatic rings. The molecule has 2 unspecified atom stereocenters. The van der Waals surface area contributed by atoms with Gasteiger partial charge in [-0.1, -0.05) is 13.3 Å². The predicted molar refractivity (Wildman–Crippen MR) is 60.7 cm³/mol. The molecule has 0 spiro atoms. The number of carbonyl (C=O) groups excluding carboxylic acids is 2. The highest BCUT2D eigenvalue weighted by molar-refractivity contribution is 5.92. The Bertz CT molecular complexity index is 287. The normalized spacial score (nSPS) is 27.3. The summed E-state index contributed by atoms with van der Waals surface area (Å²) in [4.78, 5) is 23.2. The van der Waals surface area contributed by atoms with Gasteiger partial charge < -0.3 is 10.6 Å². The van der Waals surface area contributed by atoms with Crippen molar-refractivity contribution in [3.05, 3.63) is 0 Å². The first-order valence-corrected chi connectivity index (χ1v) is 6.30. The molecule has 0 aromatic rings. The Kier molecular flexibility index (Phi) is 3.46. The molecular weight excluding hydrogens is 204 g/mol. The van der Waals surface area contributed by atoms with E-state index in [9.17, 15) is 9.59 Å². The number of hydrogen-bond donors (Lipinski definition) is 2. The third-order valence-electron chi connectivity index (χ3n) is 3.22. The van der Waals surface area contributed by atoms with E-state index in [0.29, 0.717) is 6.04 Å². The minimum atomic E-state index is -0.0596. The fourth-order valence-electron chi connectivity index (χ4n) is 1.83. The van der Waals surface area contributed by atoms with E-state index in [-0.39, 0.29) is 23.7 Å². The summed E-state index contributed by atoms with van der Waals surface area (Å²) in [6, 6.07) is 0.400. The van der Waals surface area contributed by atoms with Gasteiger partial charge in [0, 0.05) is 12.6 Å². The highest BCUT2D eigenvalue weighted by Gasteiger charge is 2.48. The summed E-state index contributed by atoms with van der Waals surface area (Å²) in [7, 11) is 0. The summed E-state index contributed by atoms with van der Waals surface area (Å²) >= 11 is 0. The Hall–Kier alpha value is -1.06. The van der Waals surface area contributed by atoms with Gasteiger partial charge in [-0.3, -0.25) is 9.59 Å². The van der Waals surface area contributed by atoms with Crippen LogP contribution in [-0.2, 0) is 9.59 Å². The SMILES string of the molecule is CCCCNC(=O)C1CC1C(=O)NC1CC1.